The number of carbonyl (C=O) groups excluding carboxylic acids is 1. The van der Waals surface area contributed by atoms with E-state index in [1.807, 2.05) is 42.3 Å². The van der Waals surface area contributed by atoms with E-state index in [0.29, 0.717) is 12.5 Å². The van der Waals surface area contributed by atoms with E-state index >= 15 is 0 Å². The Morgan fingerprint density at radius 3 is 2.59 bits per heavy atom. The van der Waals surface area contributed by atoms with E-state index in [1.165, 1.54) is 5.56 Å². The number of rotatable bonds is 3. The minimum absolute atomic E-state index is 0.207. The van der Waals surface area contributed by atoms with Crippen LogP contribution < -0.4 is 4.90 Å². The van der Waals surface area contributed by atoms with Gasteiger partial charge in [-0.25, -0.2) is 0 Å². The molecule has 0 N–H and O–H groups in total. The van der Waals surface area contributed by atoms with Gasteiger partial charge in [-0.1, -0.05) is 0 Å². The first-order valence-electron chi connectivity index (χ1n) is 7.64. The highest BCUT2D eigenvalue weighted by atomic mass is 16.2. The molecule has 0 unspecified atom stereocenters. The van der Waals surface area contributed by atoms with Crippen LogP contribution in [0.2, 0.25) is 0 Å². The van der Waals surface area contributed by atoms with Crippen molar-refractivity contribution in [2.24, 2.45) is 14.1 Å². The summed E-state index contributed by atoms with van der Waals surface area (Å²) in [6.45, 7) is 1.89. The second-order valence-electron chi connectivity index (χ2n) is 6.26. The van der Waals surface area contributed by atoms with Crippen molar-refractivity contribution in [3.63, 3.8) is 0 Å². The Morgan fingerprint density at radius 1 is 1.14 bits per heavy atom. The summed E-state index contributed by atoms with van der Waals surface area (Å²) >= 11 is 0. The maximum absolute atomic E-state index is 12.4. The molecule has 22 heavy (non-hydrogen) atoms. The molecule has 2 atom stereocenters. The summed E-state index contributed by atoms with van der Waals surface area (Å²) in [7, 11) is 3.81. The normalized spacial score (nSPS) is 25.2. The lowest BCUT2D eigenvalue weighted by atomic mass is 10.1. The molecular weight excluding hydrogens is 280 g/mol. The van der Waals surface area contributed by atoms with Crippen LogP contribution in [0, 0.1) is 0 Å². The van der Waals surface area contributed by atoms with Gasteiger partial charge in [0.05, 0.1) is 24.1 Å². The van der Waals surface area contributed by atoms with Crippen LogP contribution in [0.4, 0.5) is 5.69 Å². The highest BCUT2D eigenvalue weighted by Crippen LogP contribution is 2.36. The van der Waals surface area contributed by atoms with E-state index in [4.69, 9.17) is 0 Å². The van der Waals surface area contributed by atoms with Crippen LogP contribution in [0.1, 0.15) is 18.4 Å². The second-order valence-corrected chi connectivity index (χ2v) is 6.26. The van der Waals surface area contributed by atoms with Crippen molar-refractivity contribution in [1.82, 2.24) is 24.5 Å². The van der Waals surface area contributed by atoms with E-state index in [1.54, 1.807) is 10.9 Å². The molecule has 2 fully saturated rings. The van der Waals surface area contributed by atoms with Gasteiger partial charge in [0.25, 0.3) is 0 Å². The summed E-state index contributed by atoms with van der Waals surface area (Å²) in [6, 6.07) is 0.571. The van der Waals surface area contributed by atoms with Crippen molar-refractivity contribution in [3.8, 4) is 0 Å². The summed E-state index contributed by atoms with van der Waals surface area (Å²) < 4.78 is 3.57. The molecule has 4 heterocycles. The van der Waals surface area contributed by atoms with Gasteiger partial charge in [0.1, 0.15) is 0 Å². The molecule has 2 aliphatic heterocycles. The number of amides is 1. The quantitative estimate of drug-likeness (QED) is 0.830. The van der Waals surface area contributed by atoms with E-state index < -0.39 is 0 Å². The van der Waals surface area contributed by atoms with Gasteiger partial charge in [-0.05, 0) is 6.42 Å². The average Bonchev–Trinajstić information content (AvgIpc) is 3.20. The number of carbonyl (C=O) groups is 1. The Kier molecular flexibility index (Phi) is 3.04. The molecule has 4 rings (SSSR count). The van der Waals surface area contributed by atoms with Crippen LogP contribution in [-0.4, -0.2) is 49.0 Å². The summed E-state index contributed by atoms with van der Waals surface area (Å²) in [5.41, 5.74) is 2.12. The highest BCUT2D eigenvalue weighted by molar-refractivity contribution is 5.97. The predicted octanol–water partition coefficient (Wildman–Crippen LogP) is 0.533. The van der Waals surface area contributed by atoms with E-state index in [9.17, 15) is 4.79 Å². The van der Waals surface area contributed by atoms with Crippen LogP contribution in [0.5, 0.6) is 0 Å². The van der Waals surface area contributed by atoms with Crippen LogP contribution in [0.25, 0.3) is 0 Å². The zero-order valence-electron chi connectivity index (χ0n) is 12.9. The Morgan fingerprint density at radius 2 is 1.91 bits per heavy atom. The Labute approximate surface area is 129 Å². The minimum Gasteiger partial charge on any atom is -0.305 e. The second kappa shape index (κ2) is 4.95. The Bertz CT molecular complexity index is 704. The lowest BCUT2D eigenvalue weighted by molar-refractivity contribution is -0.117. The maximum Gasteiger partial charge on any atom is 0.229 e. The van der Waals surface area contributed by atoms with E-state index in [2.05, 4.69) is 15.1 Å². The Hall–Kier alpha value is -2.15. The molecule has 7 heteroatoms. The summed E-state index contributed by atoms with van der Waals surface area (Å²) in [6.07, 6.45) is 9.27. The molecule has 0 bridgehead atoms. The molecule has 0 saturated carbocycles. The minimum atomic E-state index is 0.207. The third-order valence-electron chi connectivity index (χ3n) is 4.72. The SMILES string of the molecule is Cn1cc(CN2CC[C@H]3[C@@H]2CC(=O)N3c2cnn(C)c2)cn1. The van der Waals surface area contributed by atoms with Gasteiger partial charge in [0.15, 0.2) is 0 Å². The summed E-state index contributed by atoms with van der Waals surface area (Å²) in [4.78, 5) is 16.8. The lowest BCUT2D eigenvalue weighted by Gasteiger charge is -2.24. The maximum atomic E-state index is 12.4. The third-order valence-corrected chi connectivity index (χ3v) is 4.72. The molecule has 116 valence electrons. The van der Waals surface area contributed by atoms with Gasteiger partial charge in [0, 0.05) is 57.6 Å². The number of fused-ring (bicyclic) bond motifs is 1. The predicted molar refractivity (Wildman–Crippen MR) is 81.1 cm³/mol. The number of aromatic nitrogens is 4. The monoisotopic (exact) mass is 300 g/mol. The van der Waals surface area contributed by atoms with Crippen LogP contribution in [0.3, 0.4) is 0 Å². The molecule has 7 nitrogen and oxygen atoms in total. The van der Waals surface area contributed by atoms with Gasteiger partial charge in [-0.2, -0.15) is 10.2 Å². The van der Waals surface area contributed by atoms with Gasteiger partial charge in [-0.15, -0.1) is 0 Å². The fourth-order valence-corrected chi connectivity index (χ4v) is 3.78. The Balaban J connectivity index is 1.54. The van der Waals surface area contributed by atoms with Crippen molar-refractivity contribution in [2.75, 3.05) is 11.4 Å². The molecule has 2 aromatic heterocycles. The number of hydrogen-bond donors (Lipinski definition) is 0. The summed E-state index contributed by atoms with van der Waals surface area (Å²) in [5, 5.41) is 8.42. The number of likely N-dealkylation sites (tertiary alicyclic amines) is 1. The molecule has 2 aliphatic rings. The zero-order chi connectivity index (χ0) is 15.3. The van der Waals surface area contributed by atoms with E-state index in [0.717, 1.165) is 25.2 Å². The number of hydrogen-bond acceptors (Lipinski definition) is 4. The first-order valence-corrected chi connectivity index (χ1v) is 7.64. The molecular formula is C15H20N6O. The van der Waals surface area contributed by atoms with Crippen molar-refractivity contribution < 1.29 is 4.79 Å². The van der Waals surface area contributed by atoms with Crippen LogP contribution >= 0.6 is 0 Å². The fourth-order valence-electron chi connectivity index (χ4n) is 3.78. The summed E-state index contributed by atoms with van der Waals surface area (Å²) in [5.74, 6) is 0.207. The van der Waals surface area contributed by atoms with E-state index in [-0.39, 0.29) is 11.9 Å². The molecule has 0 radical (unpaired) electrons. The average molecular weight is 300 g/mol. The van der Waals surface area contributed by atoms with Crippen molar-refractivity contribution >= 4 is 11.6 Å². The van der Waals surface area contributed by atoms with Crippen molar-refractivity contribution in [3.05, 3.63) is 30.4 Å². The number of anilines is 1. The van der Waals surface area contributed by atoms with Crippen LogP contribution in [-0.2, 0) is 25.4 Å². The fraction of sp³-hybridized carbons (Fsp3) is 0.533. The van der Waals surface area contributed by atoms with Crippen LogP contribution in [0.15, 0.2) is 24.8 Å². The number of aryl methyl sites for hydroxylation is 2. The zero-order valence-corrected chi connectivity index (χ0v) is 12.9. The topological polar surface area (TPSA) is 59.2 Å². The lowest BCUT2D eigenvalue weighted by Crippen LogP contribution is -2.37. The molecule has 0 aliphatic carbocycles. The highest BCUT2D eigenvalue weighted by Gasteiger charge is 2.47. The van der Waals surface area contributed by atoms with Gasteiger partial charge < -0.3 is 4.90 Å². The smallest absolute Gasteiger partial charge is 0.229 e. The van der Waals surface area contributed by atoms with Gasteiger partial charge >= 0.3 is 0 Å². The first-order chi connectivity index (χ1) is 10.6. The first kappa shape index (κ1) is 13.5. The molecule has 0 spiro atoms. The molecule has 0 aromatic carbocycles. The van der Waals surface area contributed by atoms with Crippen molar-refractivity contribution in [2.45, 2.75) is 31.5 Å². The largest absolute Gasteiger partial charge is 0.305 e. The molecule has 2 saturated heterocycles. The third kappa shape index (κ3) is 2.12. The molecule has 2 aromatic rings. The van der Waals surface area contributed by atoms with Crippen molar-refractivity contribution in [1.29, 1.82) is 0 Å². The van der Waals surface area contributed by atoms with Gasteiger partial charge in [0.2, 0.25) is 5.91 Å². The van der Waals surface area contributed by atoms with Gasteiger partial charge in [-0.3, -0.25) is 19.1 Å². The molecule has 1 amide bonds. The standard InChI is InChI=1S/C15H20N6O/c1-18-8-11(6-16-18)9-20-4-3-13-14(20)5-15(22)21(13)12-7-17-19(2)10-12/h6-8,10,13-14H,3-5,9H2,1-2H3/t13-,14-/m0/s1. The number of nitrogens with zero attached hydrogens (tertiary/aromatic N) is 6.